The van der Waals surface area contributed by atoms with Crippen LogP contribution in [0.15, 0.2) is 82.2 Å². The Morgan fingerprint density at radius 2 is 1.51 bits per heavy atom. The molecule has 0 aliphatic rings. The molecule has 3 rings (SSSR count). The Labute approximate surface area is 248 Å². The maximum Gasteiger partial charge on any atom is 0.264 e. The van der Waals surface area contributed by atoms with Gasteiger partial charge in [-0.05, 0) is 68.8 Å². The first kappa shape index (κ1) is 30.9. The first-order chi connectivity index (χ1) is 18.4. The Balaban J connectivity index is 2.05. The van der Waals surface area contributed by atoms with Gasteiger partial charge >= 0.3 is 0 Å². The minimum atomic E-state index is -4.14. The lowest BCUT2D eigenvalue weighted by atomic mass is 10.1. The Bertz CT molecular complexity index is 1390. The van der Waals surface area contributed by atoms with Crippen molar-refractivity contribution in [3.8, 4) is 0 Å². The second kappa shape index (κ2) is 13.7. The maximum absolute atomic E-state index is 13.9. The van der Waals surface area contributed by atoms with E-state index in [2.05, 4.69) is 21.2 Å². The molecule has 11 heteroatoms. The summed E-state index contributed by atoms with van der Waals surface area (Å²) in [5, 5.41) is 3.55. The number of halogens is 3. The summed E-state index contributed by atoms with van der Waals surface area (Å²) in [4.78, 5) is 28.4. The molecule has 0 aliphatic heterocycles. The minimum Gasteiger partial charge on any atom is -0.352 e. The molecule has 2 amide bonds. The van der Waals surface area contributed by atoms with Crippen LogP contribution in [0.4, 0.5) is 5.69 Å². The normalized spacial score (nSPS) is 12.9. The molecule has 0 bridgehead atoms. The summed E-state index contributed by atoms with van der Waals surface area (Å²) >= 11 is 16.2. The Morgan fingerprint density at radius 1 is 0.923 bits per heavy atom. The molecule has 7 nitrogen and oxygen atoms in total. The lowest BCUT2D eigenvalue weighted by Crippen LogP contribution is -2.52. The van der Waals surface area contributed by atoms with Crippen LogP contribution in [-0.4, -0.2) is 43.8 Å². The highest BCUT2D eigenvalue weighted by Gasteiger charge is 2.33. The van der Waals surface area contributed by atoms with Gasteiger partial charge in [-0.2, -0.15) is 0 Å². The molecule has 0 saturated heterocycles. The molecule has 0 spiro atoms. The van der Waals surface area contributed by atoms with Gasteiger partial charge in [0, 0.05) is 32.7 Å². The zero-order valence-electron chi connectivity index (χ0n) is 21.8. The molecule has 0 aromatic heterocycles. The average molecular weight is 655 g/mol. The molecule has 0 unspecified atom stereocenters. The first-order valence-electron chi connectivity index (χ1n) is 12.3. The molecule has 0 radical (unpaired) electrons. The predicted molar refractivity (Wildman–Crippen MR) is 159 cm³/mol. The largest absolute Gasteiger partial charge is 0.352 e. The van der Waals surface area contributed by atoms with E-state index in [1.807, 2.05) is 13.8 Å². The monoisotopic (exact) mass is 653 g/mol. The van der Waals surface area contributed by atoms with E-state index in [9.17, 15) is 18.0 Å². The molecule has 0 heterocycles. The summed E-state index contributed by atoms with van der Waals surface area (Å²) < 4.78 is 29.3. The average Bonchev–Trinajstić information content (AvgIpc) is 2.92. The zero-order valence-corrected chi connectivity index (χ0v) is 25.7. The number of hydrogen-bond donors (Lipinski definition) is 1. The lowest BCUT2D eigenvalue weighted by molar-refractivity contribution is -0.139. The summed E-state index contributed by atoms with van der Waals surface area (Å²) in [6.45, 7) is 4.75. The SMILES string of the molecule is CC[C@H](C)NC(=O)[C@@H](C)N(Cc1c(Cl)cccc1Cl)C(=O)CN(c1ccc(Br)cc1)S(=O)(=O)c1ccccc1. The van der Waals surface area contributed by atoms with Crippen LogP contribution >= 0.6 is 39.1 Å². The van der Waals surface area contributed by atoms with Gasteiger partial charge in [0.15, 0.2) is 0 Å². The van der Waals surface area contributed by atoms with Crippen molar-refractivity contribution in [2.24, 2.45) is 0 Å². The van der Waals surface area contributed by atoms with Crippen LogP contribution in [0, 0.1) is 0 Å². The fourth-order valence-corrected chi connectivity index (χ4v) is 5.97. The van der Waals surface area contributed by atoms with Crippen molar-refractivity contribution in [3.63, 3.8) is 0 Å². The predicted octanol–water partition coefficient (Wildman–Crippen LogP) is 6.28. The highest BCUT2D eigenvalue weighted by Crippen LogP contribution is 2.29. The van der Waals surface area contributed by atoms with Crippen LogP contribution in [0.25, 0.3) is 0 Å². The third kappa shape index (κ3) is 7.75. The van der Waals surface area contributed by atoms with Crippen LogP contribution in [0.3, 0.4) is 0 Å². The summed E-state index contributed by atoms with van der Waals surface area (Å²) in [6.07, 6.45) is 0.704. The van der Waals surface area contributed by atoms with E-state index in [0.29, 0.717) is 27.7 Å². The summed E-state index contributed by atoms with van der Waals surface area (Å²) in [5.41, 5.74) is 0.751. The van der Waals surface area contributed by atoms with Crippen molar-refractivity contribution in [2.75, 3.05) is 10.8 Å². The van der Waals surface area contributed by atoms with Crippen LogP contribution in [0.2, 0.25) is 10.0 Å². The topological polar surface area (TPSA) is 86.8 Å². The van der Waals surface area contributed by atoms with Gasteiger partial charge in [-0.1, -0.05) is 70.3 Å². The van der Waals surface area contributed by atoms with Crippen molar-refractivity contribution >= 4 is 66.7 Å². The molecule has 1 N–H and O–H groups in total. The van der Waals surface area contributed by atoms with Gasteiger partial charge in [0.2, 0.25) is 11.8 Å². The van der Waals surface area contributed by atoms with Gasteiger partial charge < -0.3 is 10.2 Å². The summed E-state index contributed by atoms with van der Waals surface area (Å²) in [7, 11) is -4.14. The van der Waals surface area contributed by atoms with Gasteiger partial charge in [0.1, 0.15) is 12.6 Å². The third-order valence-corrected chi connectivity index (χ3v) is 9.31. The maximum atomic E-state index is 13.9. The second-order valence-electron chi connectivity index (χ2n) is 9.02. The number of benzene rings is 3. The van der Waals surface area contributed by atoms with E-state index in [1.165, 1.54) is 17.0 Å². The van der Waals surface area contributed by atoms with E-state index in [4.69, 9.17) is 23.2 Å². The molecule has 3 aromatic carbocycles. The summed E-state index contributed by atoms with van der Waals surface area (Å²) in [5.74, 6) is -0.970. The Hall–Kier alpha value is -2.59. The van der Waals surface area contributed by atoms with Crippen molar-refractivity contribution in [3.05, 3.63) is 92.9 Å². The number of amides is 2. The molecular formula is C28H30BrCl2N3O4S. The summed E-state index contributed by atoms with van der Waals surface area (Å²) in [6, 6.07) is 18.4. The molecule has 0 aliphatic carbocycles. The second-order valence-corrected chi connectivity index (χ2v) is 12.6. The number of carbonyl (C=O) groups is 2. The fraction of sp³-hybridized carbons (Fsp3) is 0.286. The van der Waals surface area contributed by atoms with Crippen LogP contribution < -0.4 is 9.62 Å². The number of nitrogens with one attached hydrogen (secondary N) is 1. The van der Waals surface area contributed by atoms with Crippen LogP contribution in [0.1, 0.15) is 32.8 Å². The number of sulfonamides is 1. The highest BCUT2D eigenvalue weighted by molar-refractivity contribution is 9.10. The lowest BCUT2D eigenvalue weighted by Gasteiger charge is -2.32. The number of carbonyl (C=O) groups excluding carboxylic acids is 2. The van der Waals surface area contributed by atoms with Crippen molar-refractivity contribution < 1.29 is 18.0 Å². The van der Waals surface area contributed by atoms with Crippen molar-refractivity contribution in [1.29, 1.82) is 0 Å². The number of nitrogens with zero attached hydrogens (tertiary/aromatic N) is 2. The van der Waals surface area contributed by atoms with Crippen LogP contribution in [0.5, 0.6) is 0 Å². The molecule has 208 valence electrons. The number of hydrogen-bond acceptors (Lipinski definition) is 4. The molecule has 3 aromatic rings. The first-order valence-corrected chi connectivity index (χ1v) is 15.3. The molecule has 2 atom stereocenters. The van der Waals surface area contributed by atoms with Gasteiger partial charge in [-0.25, -0.2) is 8.42 Å². The fourth-order valence-electron chi connectivity index (χ4n) is 3.76. The highest BCUT2D eigenvalue weighted by atomic mass is 79.9. The van der Waals surface area contributed by atoms with Gasteiger partial charge in [0.05, 0.1) is 10.6 Å². The van der Waals surface area contributed by atoms with E-state index < -0.39 is 28.5 Å². The standard InChI is InChI=1S/C28H30BrCl2N3O4S/c1-4-19(2)32-28(36)20(3)33(17-24-25(30)11-8-12-26(24)31)27(35)18-34(22-15-13-21(29)14-16-22)39(37,38)23-9-6-5-7-10-23/h5-16,19-20H,4,17-18H2,1-3H3,(H,32,36)/t19-,20+/m0/s1. The Morgan fingerprint density at radius 3 is 2.08 bits per heavy atom. The van der Waals surface area contributed by atoms with Gasteiger partial charge in [-0.3, -0.25) is 13.9 Å². The van der Waals surface area contributed by atoms with E-state index in [1.54, 1.807) is 67.6 Å². The number of anilines is 1. The van der Waals surface area contributed by atoms with Gasteiger partial charge in [0.25, 0.3) is 10.0 Å². The molecule has 39 heavy (non-hydrogen) atoms. The van der Waals surface area contributed by atoms with Crippen molar-refractivity contribution in [2.45, 2.75) is 50.7 Å². The minimum absolute atomic E-state index is 0.0315. The van der Waals surface area contributed by atoms with E-state index in [0.717, 1.165) is 8.78 Å². The van der Waals surface area contributed by atoms with Crippen LogP contribution in [-0.2, 0) is 26.2 Å². The quantitative estimate of drug-likeness (QED) is 0.264. The smallest absolute Gasteiger partial charge is 0.264 e. The zero-order chi connectivity index (χ0) is 28.7. The van der Waals surface area contributed by atoms with Gasteiger partial charge in [-0.15, -0.1) is 0 Å². The Kier molecular flexibility index (Phi) is 10.8. The molecular weight excluding hydrogens is 625 g/mol. The van der Waals surface area contributed by atoms with E-state index in [-0.39, 0.29) is 23.4 Å². The molecule has 0 saturated carbocycles. The third-order valence-electron chi connectivity index (χ3n) is 6.28. The van der Waals surface area contributed by atoms with Crippen molar-refractivity contribution in [1.82, 2.24) is 10.2 Å². The molecule has 0 fully saturated rings. The number of rotatable bonds is 11. The van der Waals surface area contributed by atoms with E-state index >= 15 is 0 Å².